The smallest absolute Gasteiger partial charge is 0.213 e. The fourth-order valence-corrected chi connectivity index (χ4v) is 4.91. The molecule has 0 spiro atoms. The first-order valence-electron chi connectivity index (χ1n) is 10.7. The lowest BCUT2D eigenvalue weighted by Crippen LogP contribution is -2.31. The van der Waals surface area contributed by atoms with Crippen LogP contribution >= 0.6 is 0 Å². The number of methoxy groups -OCH3 is 1. The van der Waals surface area contributed by atoms with Gasteiger partial charge in [-0.1, -0.05) is 6.07 Å². The number of hydrogen-bond acceptors (Lipinski definition) is 7. The van der Waals surface area contributed by atoms with Crippen molar-refractivity contribution in [1.29, 1.82) is 0 Å². The zero-order valence-corrected chi connectivity index (χ0v) is 17.8. The van der Waals surface area contributed by atoms with Crippen LogP contribution in [0.3, 0.4) is 0 Å². The molecule has 2 N–H and O–H groups in total. The molecule has 31 heavy (non-hydrogen) atoms. The Kier molecular flexibility index (Phi) is 5.19. The molecule has 2 fully saturated rings. The highest BCUT2D eigenvalue weighted by molar-refractivity contribution is 5.74. The SMILES string of the molecule is COc1cc(-c2ccc(-c3cnc(N(C)[C@H]4C[C@H]5CNC[C@H]5C4)cn3)c(O)c2)ccn1. The summed E-state index contributed by atoms with van der Waals surface area (Å²) in [5.41, 5.74) is 3.12. The maximum absolute atomic E-state index is 10.6. The Morgan fingerprint density at radius 2 is 1.77 bits per heavy atom. The van der Waals surface area contributed by atoms with E-state index in [2.05, 4.69) is 32.2 Å². The molecule has 3 atom stereocenters. The number of phenolic OH excluding ortho intramolecular Hbond substituents is 1. The summed E-state index contributed by atoms with van der Waals surface area (Å²) < 4.78 is 5.19. The number of hydrogen-bond donors (Lipinski definition) is 2. The predicted octanol–water partition coefficient (Wildman–Crippen LogP) is 3.35. The van der Waals surface area contributed by atoms with E-state index in [1.54, 1.807) is 25.6 Å². The third-order valence-corrected chi connectivity index (χ3v) is 6.73. The van der Waals surface area contributed by atoms with Crippen LogP contribution in [0.15, 0.2) is 48.9 Å². The normalized spacial score (nSPS) is 22.3. The lowest BCUT2D eigenvalue weighted by Gasteiger charge is -2.26. The van der Waals surface area contributed by atoms with Crippen LogP contribution in [-0.4, -0.2) is 53.3 Å². The van der Waals surface area contributed by atoms with Crippen molar-refractivity contribution in [3.05, 3.63) is 48.9 Å². The number of anilines is 1. The predicted molar refractivity (Wildman–Crippen MR) is 120 cm³/mol. The molecular weight excluding hydrogens is 390 g/mol. The van der Waals surface area contributed by atoms with Gasteiger partial charge in [0, 0.05) is 30.9 Å². The van der Waals surface area contributed by atoms with Crippen LogP contribution in [0.4, 0.5) is 5.82 Å². The molecule has 3 heterocycles. The molecule has 2 aromatic heterocycles. The second kappa shape index (κ2) is 8.15. The highest BCUT2D eigenvalue weighted by atomic mass is 16.5. The fraction of sp³-hybridized carbons (Fsp3) is 0.375. The molecule has 1 aliphatic carbocycles. The summed E-state index contributed by atoms with van der Waals surface area (Å²) in [6.45, 7) is 2.28. The molecule has 1 saturated carbocycles. The minimum Gasteiger partial charge on any atom is -0.507 e. The summed E-state index contributed by atoms with van der Waals surface area (Å²) >= 11 is 0. The zero-order valence-electron chi connectivity index (χ0n) is 17.8. The van der Waals surface area contributed by atoms with Crippen molar-refractivity contribution in [2.45, 2.75) is 18.9 Å². The number of rotatable bonds is 5. The van der Waals surface area contributed by atoms with Gasteiger partial charge < -0.3 is 20.1 Å². The van der Waals surface area contributed by atoms with E-state index >= 15 is 0 Å². The number of phenols is 1. The van der Waals surface area contributed by atoms with Crippen LogP contribution in [0, 0.1) is 11.8 Å². The average Bonchev–Trinajstić information content (AvgIpc) is 3.41. The Balaban J connectivity index is 1.33. The molecule has 3 aromatic rings. The topological polar surface area (TPSA) is 83.4 Å². The summed E-state index contributed by atoms with van der Waals surface area (Å²) in [6.07, 6.45) is 7.66. The quantitative estimate of drug-likeness (QED) is 0.659. The van der Waals surface area contributed by atoms with Gasteiger partial charge in [-0.25, -0.2) is 9.97 Å². The minimum atomic E-state index is 0.166. The molecular formula is C24H27N5O2. The first-order valence-corrected chi connectivity index (χ1v) is 10.7. The van der Waals surface area contributed by atoms with Crippen LogP contribution in [0.1, 0.15) is 12.8 Å². The van der Waals surface area contributed by atoms with Gasteiger partial charge in [0.25, 0.3) is 0 Å². The molecule has 2 aliphatic rings. The minimum absolute atomic E-state index is 0.166. The van der Waals surface area contributed by atoms with E-state index in [4.69, 9.17) is 4.74 Å². The van der Waals surface area contributed by atoms with Crippen molar-refractivity contribution in [2.24, 2.45) is 11.8 Å². The second-order valence-electron chi connectivity index (χ2n) is 8.49. The van der Waals surface area contributed by atoms with E-state index in [1.165, 1.54) is 12.8 Å². The number of nitrogens with one attached hydrogen (secondary N) is 1. The van der Waals surface area contributed by atoms with Crippen LogP contribution in [0.2, 0.25) is 0 Å². The van der Waals surface area contributed by atoms with Gasteiger partial charge in [-0.05, 0) is 67.1 Å². The van der Waals surface area contributed by atoms with Gasteiger partial charge in [-0.3, -0.25) is 4.98 Å². The van der Waals surface area contributed by atoms with Gasteiger partial charge in [0.2, 0.25) is 5.88 Å². The number of fused-ring (bicyclic) bond motifs is 1. The van der Waals surface area contributed by atoms with Crippen LogP contribution in [0.25, 0.3) is 22.4 Å². The molecule has 7 heteroatoms. The van der Waals surface area contributed by atoms with Gasteiger partial charge in [0.15, 0.2) is 0 Å². The van der Waals surface area contributed by atoms with E-state index in [0.717, 1.165) is 41.9 Å². The molecule has 7 nitrogen and oxygen atoms in total. The number of aromatic hydroxyl groups is 1. The third kappa shape index (κ3) is 3.81. The van der Waals surface area contributed by atoms with E-state index in [1.807, 2.05) is 30.5 Å². The molecule has 160 valence electrons. The van der Waals surface area contributed by atoms with E-state index < -0.39 is 0 Å². The standard InChI is InChI=1S/C24H27N5O2/c1-29(19-7-17-11-25-12-18(17)8-19)23-14-27-21(13-28-23)20-4-3-15(9-22(20)30)16-5-6-26-24(10-16)31-2/h3-6,9-10,13-14,17-19,25,30H,7-8,11-12H2,1-2H3/t17-,18+,19-. The Morgan fingerprint density at radius 3 is 2.45 bits per heavy atom. The number of ether oxygens (including phenoxy) is 1. The lowest BCUT2D eigenvalue weighted by molar-refractivity contribution is 0.398. The van der Waals surface area contributed by atoms with Crippen LogP contribution in [0.5, 0.6) is 11.6 Å². The maximum Gasteiger partial charge on any atom is 0.213 e. The Labute approximate surface area is 182 Å². The number of nitrogens with zero attached hydrogens (tertiary/aromatic N) is 4. The Hall–Kier alpha value is -3.19. The van der Waals surface area contributed by atoms with Crippen LogP contribution < -0.4 is 15.0 Å². The summed E-state index contributed by atoms with van der Waals surface area (Å²) in [5.74, 6) is 3.15. The third-order valence-electron chi connectivity index (χ3n) is 6.73. The lowest BCUT2D eigenvalue weighted by atomic mass is 10.0. The van der Waals surface area contributed by atoms with Gasteiger partial charge in [-0.15, -0.1) is 0 Å². The molecule has 1 aromatic carbocycles. The van der Waals surface area contributed by atoms with Crippen molar-refractivity contribution < 1.29 is 9.84 Å². The van der Waals surface area contributed by atoms with Crippen molar-refractivity contribution in [3.8, 4) is 34.0 Å². The van der Waals surface area contributed by atoms with Crippen molar-refractivity contribution >= 4 is 5.82 Å². The molecule has 5 rings (SSSR count). The summed E-state index contributed by atoms with van der Waals surface area (Å²) in [5, 5.41) is 14.1. The highest BCUT2D eigenvalue weighted by Gasteiger charge is 2.39. The number of benzene rings is 1. The van der Waals surface area contributed by atoms with Gasteiger partial charge in [0.05, 0.1) is 25.2 Å². The van der Waals surface area contributed by atoms with Gasteiger partial charge in [-0.2, -0.15) is 0 Å². The fourth-order valence-electron chi connectivity index (χ4n) is 4.91. The highest BCUT2D eigenvalue weighted by Crippen LogP contribution is 2.38. The zero-order chi connectivity index (χ0) is 21.4. The largest absolute Gasteiger partial charge is 0.507 e. The Bertz CT molecular complexity index is 1060. The molecule has 0 unspecified atom stereocenters. The van der Waals surface area contributed by atoms with Crippen LogP contribution in [-0.2, 0) is 0 Å². The maximum atomic E-state index is 10.6. The van der Waals surface area contributed by atoms with Crippen molar-refractivity contribution in [2.75, 3.05) is 32.1 Å². The van der Waals surface area contributed by atoms with E-state index in [9.17, 15) is 5.11 Å². The van der Waals surface area contributed by atoms with Gasteiger partial charge >= 0.3 is 0 Å². The second-order valence-corrected chi connectivity index (χ2v) is 8.49. The first-order chi connectivity index (χ1) is 15.1. The van der Waals surface area contributed by atoms with Crippen molar-refractivity contribution in [1.82, 2.24) is 20.3 Å². The monoisotopic (exact) mass is 417 g/mol. The molecule has 1 saturated heterocycles. The van der Waals surface area contributed by atoms with Gasteiger partial charge in [0.1, 0.15) is 11.6 Å². The van der Waals surface area contributed by atoms with Crippen molar-refractivity contribution in [3.63, 3.8) is 0 Å². The summed E-state index contributed by atoms with van der Waals surface area (Å²) in [6, 6.07) is 9.80. The molecule has 0 bridgehead atoms. The number of aromatic nitrogens is 3. The summed E-state index contributed by atoms with van der Waals surface area (Å²) in [4.78, 5) is 15.6. The van der Waals surface area contributed by atoms with E-state index in [0.29, 0.717) is 23.2 Å². The molecule has 1 aliphatic heterocycles. The molecule has 0 radical (unpaired) electrons. The van der Waals surface area contributed by atoms with E-state index in [-0.39, 0.29) is 5.75 Å². The summed E-state index contributed by atoms with van der Waals surface area (Å²) in [7, 11) is 3.69. The Morgan fingerprint density at radius 1 is 1.00 bits per heavy atom. The number of pyridine rings is 1. The average molecular weight is 418 g/mol. The first kappa shape index (κ1) is 19.8. The molecule has 0 amide bonds.